The van der Waals surface area contributed by atoms with Crippen LogP contribution in [0.2, 0.25) is 0 Å². The lowest BCUT2D eigenvalue weighted by Gasteiger charge is -2.13. The summed E-state index contributed by atoms with van der Waals surface area (Å²) in [6.45, 7) is 4.78. The van der Waals surface area contributed by atoms with E-state index in [4.69, 9.17) is 9.47 Å². The van der Waals surface area contributed by atoms with E-state index in [9.17, 15) is 8.78 Å². The molecule has 0 atom stereocenters. The smallest absolute Gasteiger partial charge is 0.387 e. The lowest BCUT2D eigenvalue weighted by molar-refractivity contribution is -0.0505. The number of guanidine groups is 1. The maximum Gasteiger partial charge on any atom is 0.387 e. The number of benzene rings is 1. The summed E-state index contributed by atoms with van der Waals surface area (Å²) in [5.41, 5.74) is 1.52. The highest BCUT2D eigenvalue weighted by Crippen LogP contribution is 2.39. The number of fused-ring (bicyclic) bond motifs is 1. The first-order valence-corrected chi connectivity index (χ1v) is 10.7. The summed E-state index contributed by atoms with van der Waals surface area (Å²) in [4.78, 5) is 9.12. The van der Waals surface area contributed by atoms with Crippen molar-refractivity contribution in [2.24, 2.45) is 4.99 Å². The molecule has 0 saturated heterocycles. The van der Waals surface area contributed by atoms with Gasteiger partial charge in [-0.1, -0.05) is 13.8 Å². The first kappa shape index (κ1) is 22.1. The van der Waals surface area contributed by atoms with Crippen LogP contribution in [0.3, 0.4) is 0 Å². The summed E-state index contributed by atoms with van der Waals surface area (Å²) in [5, 5.41) is 9.60. The second kappa shape index (κ2) is 10.4. The quantitative estimate of drug-likeness (QED) is 0.455. The van der Waals surface area contributed by atoms with E-state index in [1.54, 1.807) is 17.4 Å². The van der Waals surface area contributed by atoms with Crippen molar-refractivity contribution < 1.29 is 23.0 Å². The minimum atomic E-state index is -2.94. The van der Waals surface area contributed by atoms with Crippen LogP contribution >= 0.6 is 11.3 Å². The number of aliphatic imine (C=N–C) groups is 1. The van der Waals surface area contributed by atoms with Gasteiger partial charge in [-0.2, -0.15) is 8.78 Å². The number of nitrogens with zero attached hydrogens (tertiary/aromatic N) is 2. The zero-order valence-electron chi connectivity index (χ0n) is 17.2. The van der Waals surface area contributed by atoms with Gasteiger partial charge in [0.05, 0.1) is 17.2 Å². The first-order chi connectivity index (χ1) is 14.5. The Labute approximate surface area is 178 Å². The Morgan fingerprint density at radius 1 is 1.27 bits per heavy atom. The Balaban J connectivity index is 1.65. The van der Waals surface area contributed by atoms with E-state index in [1.807, 2.05) is 6.92 Å². The third kappa shape index (κ3) is 5.94. The maximum absolute atomic E-state index is 12.8. The van der Waals surface area contributed by atoms with Crippen molar-refractivity contribution in [2.75, 3.05) is 19.9 Å². The third-order valence-electron chi connectivity index (χ3n) is 4.26. The summed E-state index contributed by atoms with van der Waals surface area (Å²) in [7, 11) is 0. The lowest BCUT2D eigenvalue weighted by atomic mass is 10.1. The van der Waals surface area contributed by atoms with Crippen LogP contribution in [-0.2, 0) is 13.0 Å². The minimum absolute atomic E-state index is 0.0255. The highest BCUT2D eigenvalue weighted by atomic mass is 32.1. The van der Waals surface area contributed by atoms with E-state index in [0.29, 0.717) is 42.0 Å². The van der Waals surface area contributed by atoms with Crippen molar-refractivity contribution in [3.63, 3.8) is 0 Å². The van der Waals surface area contributed by atoms with Crippen LogP contribution in [0.4, 0.5) is 8.78 Å². The van der Waals surface area contributed by atoms with Crippen LogP contribution < -0.4 is 24.8 Å². The standard InChI is InChI=1S/C20H26F2N4O3S/c1-4-23-20(24-6-5-14-10-30-18(26-14)12(2)3)25-9-13-7-16-17(28-11-27-16)8-15(13)29-19(21)22/h7-8,10,12,19H,4-6,9,11H2,1-3H3,(H2,23,24,25). The number of rotatable bonds is 9. The number of hydrogen-bond donors (Lipinski definition) is 2. The van der Waals surface area contributed by atoms with Gasteiger partial charge in [0.2, 0.25) is 6.79 Å². The second-order valence-corrected chi connectivity index (χ2v) is 7.79. The predicted octanol–water partition coefficient (Wildman–Crippen LogP) is 3.89. The van der Waals surface area contributed by atoms with E-state index in [-0.39, 0.29) is 19.1 Å². The third-order valence-corrected chi connectivity index (χ3v) is 5.45. The number of alkyl halides is 2. The predicted molar refractivity (Wildman–Crippen MR) is 112 cm³/mol. The van der Waals surface area contributed by atoms with Gasteiger partial charge >= 0.3 is 6.61 Å². The van der Waals surface area contributed by atoms with Crippen LogP contribution in [0.25, 0.3) is 0 Å². The van der Waals surface area contributed by atoms with E-state index in [0.717, 1.165) is 17.1 Å². The average molecular weight is 441 g/mol. The van der Waals surface area contributed by atoms with Crippen LogP contribution in [-0.4, -0.2) is 37.4 Å². The molecule has 2 N–H and O–H groups in total. The van der Waals surface area contributed by atoms with Crippen LogP contribution in [0.5, 0.6) is 17.2 Å². The maximum atomic E-state index is 12.8. The molecule has 1 aromatic carbocycles. The van der Waals surface area contributed by atoms with Crippen LogP contribution in [0.1, 0.15) is 43.0 Å². The van der Waals surface area contributed by atoms with Gasteiger partial charge in [-0.05, 0) is 13.0 Å². The fourth-order valence-electron chi connectivity index (χ4n) is 2.81. The van der Waals surface area contributed by atoms with E-state index >= 15 is 0 Å². The molecule has 30 heavy (non-hydrogen) atoms. The monoisotopic (exact) mass is 440 g/mol. The van der Waals surface area contributed by atoms with Crippen molar-refractivity contribution in [2.45, 2.75) is 46.3 Å². The number of halogens is 2. The Hall–Kier alpha value is -2.62. The number of ether oxygens (including phenoxy) is 3. The zero-order chi connectivity index (χ0) is 21.5. The average Bonchev–Trinajstić information content (AvgIpc) is 3.34. The largest absolute Gasteiger partial charge is 0.454 e. The molecule has 1 aliphatic heterocycles. The number of thiazole rings is 1. The molecule has 10 heteroatoms. The fourth-order valence-corrected chi connectivity index (χ4v) is 3.68. The lowest BCUT2D eigenvalue weighted by Crippen LogP contribution is -2.38. The first-order valence-electron chi connectivity index (χ1n) is 9.80. The summed E-state index contributed by atoms with van der Waals surface area (Å²) in [6.07, 6.45) is 0.761. The van der Waals surface area contributed by atoms with Crippen molar-refractivity contribution in [3.8, 4) is 17.2 Å². The van der Waals surface area contributed by atoms with Gasteiger partial charge in [-0.15, -0.1) is 11.3 Å². The highest BCUT2D eigenvalue weighted by Gasteiger charge is 2.20. The molecular weight excluding hydrogens is 414 g/mol. The van der Waals surface area contributed by atoms with Crippen LogP contribution in [0.15, 0.2) is 22.5 Å². The molecule has 0 fully saturated rings. The zero-order valence-corrected chi connectivity index (χ0v) is 18.0. The molecule has 2 aromatic rings. The molecule has 0 saturated carbocycles. The van der Waals surface area contributed by atoms with Gasteiger partial charge in [-0.3, -0.25) is 0 Å². The Morgan fingerprint density at radius 3 is 2.70 bits per heavy atom. The van der Waals surface area contributed by atoms with E-state index in [2.05, 4.69) is 44.6 Å². The Morgan fingerprint density at radius 2 is 2.03 bits per heavy atom. The van der Waals surface area contributed by atoms with Gasteiger partial charge in [0, 0.05) is 42.4 Å². The summed E-state index contributed by atoms with van der Waals surface area (Å²) in [5.74, 6) is 1.90. The molecule has 0 unspecified atom stereocenters. The van der Waals surface area contributed by atoms with Gasteiger partial charge in [0.1, 0.15) is 5.75 Å². The van der Waals surface area contributed by atoms with Crippen molar-refractivity contribution in [1.82, 2.24) is 15.6 Å². The molecule has 7 nitrogen and oxygen atoms in total. The molecule has 3 rings (SSSR count). The molecule has 0 amide bonds. The SMILES string of the molecule is CCNC(=NCc1cc2c(cc1OC(F)F)OCO2)NCCc1csc(C(C)C)n1. The summed E-state index contributed by atoms with van der Waals surface area (Å²) < 4.78 is 40.8. The number of nitrogens with one attached hydrogen (secondary N) is 2. The summed E-state index contributed by atoms with van der Waals surface area (Å²) in [6, 6.07) is 3.03. The van der Waals surface area contributed by atoms with Gasteiger partial charge in [-0.25, -0.2) is 9.98 Å². The Kier molecular flexibility index (Phi) is 7.67. The molecular formula is C20H26F2N4O3S. The molecule has 0 aliphatic carbocycles. The summed E-state index contributed by atoms with van der Waals surface area (Å²) >= 11 is 1.67. The molecule has 1 aromatic heterocycles. The molecule has 0 spiro atoms. The normalized spacial score (nSPS) is 13.2. The molecule has 0 radical (unpaired) electrons. The van der Waals surface area contributed by atoms with Gasteiger partial charge in [0.25, 0.3) is 0 Å². The Bertz CT molecular complexity index is 874. The topological polar surface area (TPSA) is 77.0 Å². The fraction of sp³-hybridized carbons (Fsp3) is 0.500. The van der Waals surface area contributed by atoms with Gasteiger partial charge < -0.3 is 24.8 Å². The van der Waals surface area contributed by atoms with Crippen molar-refractivity contribution >= 4 is 17.3 Å². The van der Waals surface area contributed by atoms with Crippen molar-refractivity contribution in [1.29, 1.82) is 0 Å². The van der Waals surface area contributed by atoms with Crippen LogP contribution in [0, 0.1) is 0 Å². The second-order valence-electron chi connectivity index (χ2n) is 6.90. The van der Waals surface area contributed by atoms with E-state index in [1.165, 1.54) is 6.07 Å². The molecule has 0 bridgehead atoms. The van der Waals surface area contributed by atoms with E-state index < -0.39 is 6.61 Å². The van der Waals surface area contributed by atoms with Crippen molar-refractivity contribution in [3.05, 3.63) is 33.8 Å². The molecule has 2 heterocycles. The highest BCUT2D eigenvalue weighted by molar-refractivity contribution is 7.09. The number of aromatic nitrogens is 1. The number of hydrogen-bond acceptors (Lipinski definition) is 6. The minimum Gasteiger partial charge on any atom is -0.454 e. The molecule has 1 aliphatic rings. The molecule has 164 valence electrons. The van der Waals surface area contributed by atoms with Gasteiger partial charge in [0.15, 0.2) is 17.5 Å².